The quantitative estimate of drug-likeness (QED) is 0.918. The van der Waals surface area contributed by atoms with E-state index in [1.165, 1.54) is 0 Å². The van der Waals surface area contributed by atoms with Crippen molar-refractivity contribution < 1.29 is 14.6 Å². The van der Waals surface area contributed by atoms with Gasteiger partial charge in [-0.25, -0.2) is 4.79 Å². The number of rotatable bonds is 4. The Morgan fingerprint density at radius 3 is 2.83 bits per heavy atom. The molecule has 2 aromatic rings. The largest absolute Gasteiger partial charge is 0.477 e. The summed E-state index contributed by atoms with van der Waals surface area (Å²) in [6, 6.07) is 3.83. The third-order valence-corrected chi connectivity index (χ3v) is 3.42. The van der Waals surface area contributed by atoms with Crippen LogP contribution >= 0.6 is 11.3 Å². The molecule has 0 aliphatic carbocycles. The Kier molecular flexibility index (Phi) is 3.57. The summed E-state index contributed by atoms with van der Waals surface area (Å²) in [7, 11) is 0. The van der Waals surface area contributed by atoms with E-state index >= 15 is 0 Å². The highest BCUT2D eigenvalue weighted by molar-refractivity contribution is 7.09. The fourth-order valence-corrected chi connectivity index (χ4v) is 2.09. The molecule has 0 radical (unpaired) electrons. The van der Waals surface area contributed by atoms with Crippen molar-refractivity contribution in [1.29, 1.82) is 0 Å². The minimum atomic E-state index is -1.05. The molecular weight excluding hydrogens is 252 g/mol. The van der Waals surface area contributed by atoms with Gasteiger partial charge in [-0.15, -0.1) is 16.4 Å². The maximum atomic E-state index is 11.2. The van der Waals surface area contributed by atoms with Crippen molar-refractivity contribution in [2.45, 2.75) is 20.5 Å². The number of carbonyl (C=O) groups is 1. The lowest BCUT2D eigenvalue weighted by atomic mass is 10.1. The monoisotopic (exact) mass is 264 g/mol. The molecule has 0 saturated heterocycles. The Morgan fingerprint density at radius 2 is 2.22 bits per heavy atom. The number of aromatic nitrogens is 2. The molecule has 18 heavy (non-hydrogen) atoms. The van der Waals surface area contributed by atoms with E-state index in [9.17, 15) is 9.90 Å². The van der Waals surface area contributed by atoms with E-state index < -0.39 is 5.97 Å². The zero-order chi connectivity index (χ0) is 13.1. The van der Waals surface area contributed by atoms with Crippen LogP contribution in [0.2, 0.25) is 0 Å². The highest BCUT2D eigenvalue weighted by Crippen LogP contribution is 2.22. The van der Waals surface area contributed by atoms with Crippen LogP contribution < -0.4 is 4.74 Å². The third-order valence-electron chi connectivity index (χ3n) is 2.57. The molecule has 0 aliphatic heterocycles. The van der Waals surface area contributed by atoms with E-state index in [0.29, 0.717) is 17.9 Å². The van der Waals surface area contributed by atoms with E-state index in [2.05, 4.69) is 10.2 Å². The number of aryl methyl sites for hydroxylation is 1. The van der Waals surface area contributed by atoms with Gasteiger partial charge in [0.25, 0.3) is 0 Å². The molecule has 0 spiro atoms. The first-order valence-corrected chi connectivity index (χ1v) is 6.20. The average Bonchev–Trinajstić information content (AvgIpc) is 2.83. The second kappa shape index (κ2) is 5.14. The molecular formula is C12H12N2O3S. The smallest absolute Gasteiger partial charge is 0.341 e. The lowest BCUT2D eigenvalue weighted by Crippen LogP contribution is -2.10. The van der Waals surface area contributed by atoms with E-state index in [4.69, 9.17) is 4.74 Å². The van der Waals surface area contributed by atoms with Gasteiger partial charge in [0.05, 0.1) is 5.69 Å². The van der Waals surface area contributed by atoms with E-state index in [-0.39, 0.29) is 11.4 Å². The summed E-state index contributed by atoms with van der Waals surface area (Å²) in [5.74, 6) is -0.981. The second-order valence-electron chi connectivity index (χ2n) is 3.76. The molecule has 0 atom stereocenters. The Morgan fingerprint density at radius 1 is 1.44 bits per heavy atom. The van der Waals surface area contributed by atoms with Gasteiger partial charge in [-0.05, 0) is 30.9 Å². The summed E-state index contributed by atoms with van der Waals surface area (Å²) in [5.41, 5.74) is 1.26. The van der Waals surface area contributed by atoms with E-state index in [1.54, 1.807) is 25.2 Å². The zero-order valence-electron chi connectivity index (χ0n) is 10.0. The van der Waals surface area contributed by atoms with Gasteiger partial charge in [0.1, 0.15) is 12.2 Å². The topological polar surface area (TPSA) is 72.3 Å². The van der Waals surface area contributed by atoms with Crippen molar-refractivity contribution >= 4 is 17.3 Å². The predicted octanol–water partition coefficient (Wildman–Crippen LogP) is 2.43. The van der Waals surface area contributed by atoms with Gasteiger partial charge in [0, 0.05) is 4.88 Å². The fourth-order valence-electron chi connectivity index (χ4n) is 1.47. The second-order valence-corrected chi connectivity index (χ2v) is 4.80. The van der Waals surface area contributed by atoms with Crippen LogP contribution in [0.5, 0.6) is 5.88 Å². The lowest BCUT2D eigenvalue weighted by Gasteiger charge is -2.09. The van der Waals surface area contributed by atoms with Crippen molar-refractivity contribution in [1.82, 2.24) is 10.2 Å². The van der Waals surface area contributed by atoms with Gasteiger partial charge in [-0.3, -0.25) is 0 Å². The first-order chi connectivity index (χ1) is 8.59. The molecule has 0 bridgehead atoms. The van der Waals surface area contributed by atoms with Gasteiger partial charge in [0.2, 0.25) is 5.88 Å². The number of carboxylic acid groups (broad SMARTS) is 1. The molecule has 0 aliphatic rings. The molecule has 0 amide bonds. The molecule has 0 fully saturated rings. The number of nitrogens with zero attached hydrogens (tertiary/aromatic N) is 2. The fraction of sp³-hybridized carbons (Fsp3) is 0.250. The highest BCUT2D eigenvalue weighted by atomic mass is 32.1. The summed E-state index contributed by atoms with van der Waals surface area (Å²) < 4.78 is 5.43. The highest BCUT2D eigenvalue weighted by Gasteiger charge is 2.19. The van der Waals surface area contributed by atoms with Gasteiger partial charge in [-0.1, -0.05) is 6.07 Å². The maximum absolute atomic E-state index is 11.2. The summed E-state index contributed by atoms with van der Waals surface area (Å²) in [5, 5.41) is 18.8. The molecule has 2 heterocycles. The number of thiophene rings is 1. The SMILES string of the molecule is Cc1nnc(OCc2cccs2)c(C(=O)O)c1C. The Hall–Kier alpha value is -1.95. The number of ether oxygens (including phenoxy) is 1. The number of carboxylic acids is 1. The molecule has 94 valence electrons. The van der Waals surface area contributed by atoms with Crippen LogP contribution in [0.3, 0.4) is 0 Å². The van der Waals surface area contributed by atoms with Crippen LogP contribution in [0.4, 0.5) is 0 Å². The molecule has 5 nitrogen and oxygen atoms in total. The first-order valence-electron chi connectivity index (χ1n) is 5.32. The average molecular weight is 264 g/mol. The first kappa shape index (κ1) is 12.5. The molecule has 0 aromatic carbocycles. The lowest BCUT2D eigenvalue weighted by molar-refractivity contribution is 0.0689. The van der Waals surface area contributed by atoms with E-state index in [1.807, 2.05) is 17.5 Å². The summed E-state index contributed by atoms with van der Waals surface area (Å²) in [4.78, 5) is 12.2. The number of aromatic carboxylic acids is 1. The normalized spacial score (nSPS) is 10.3. The standard InChI is InChI=1S/C12H12N2O3S/c1-7-8(2)13-14-11(10(7)12(15)16)17-6-9-4-3-5-18-9/h3-5H,6H2,1-2H3,(H,15,16). The van der Waals surface area contributed by atoms with Crippen LogP contribution in [-0.4, -0.2) is 21.3 Å². The number of hydrogen-bond acceptors (Lipinski definition) is 5. The summed E-state index contributed by atoms with van der Waals surface area (Å²) in [6.45, 7) is 3.72. The van der Waals surface area contributed by atoms with Crippen molar-refractivity contribution in [3.8, 4) is 5.88 Å². The van der Waals surface area contributed by atoms with Gasteiger partial charge >= 0.3 is 5.97 Å². The van der Waals surface area contributed by atoms with Crippen LogP contribution in [-0.2, 0) is 6.61 Å². The Labute approximate surface area is 108 Å². The van der Waals surface area contributed by atoms with Crippen molar-refractivity contribution in [2.75, 3.05) is 0 Å². The van der Waals surface area contributed by atoms with Gasteiger partial charge in [0.15, 0.2) is 0 Å². The summed E-state index contributed by atoms with van der Waals surface area (Å²) in [6.07, 6.45) is 0. The third kappa shape index (κ3) is 2.48. The van der Waals surface area contributed by atoms with Gasteiger partial charge < -0.3 is 9.84 Å². The van der Waals surface area contributed by atoms with Crippen LogP contribution in [0, 0.1) is 13.8 Å². The predicted molar refractivity (Wildman–Crippen MR) is 67.1 cm³/mol. The summed E-state index contributed by atoms with van der Waals surface area (Å²) >= 11 is 1.54. The van der Waals surface area contributed by atoms with Crippen LogP contribution in [0.1, 0.15) is 26.5 Å². The van der Waals surface area contributed by atoms with E-state index in [0.717, 1.165) is 4.88 Å². The molecule has 0 unspecified atom stereocenters. The van der Waals surface area contributed by atoms with Crippen LogP contribution in [0.25, 0.3) is 0 Å². The molecule has 0 saturated carbocycles. The molecule has 2 rings (SSSR count). The Bertz CT molecular complexity index is 567. The molecule has 1 N–H and O–H groups in total. The zero-order valence-corrected chi connectivity index (χ0v) is 10.8. The van der Waals surface area contributed by atoms with Gasteiger partial charge in [-0.2, -0.15) is 5.10 Å². The Balaban J connectivity index is 2.27. The van der Waals surface area contributed by atoms with Crippen molar-refractivity contribution in [3.05, 3.63) is 39.2 Å². The molecule has 6 heteroatoms. The maximum Gasteiger partial charge on any atom is 0.341 e. The molecule has 2 aromatic heterocycles. The van der Waals surface area contributed by atoms with Crippen molar-refractivity contribution in [3.63, 3.8) is 0 Å². The van der Waals surface area contributed by atoms with Crippen molar-refractivity contribution in [2.24, 2.45) is 0 Å². The minimum Gasteiger partial charge on any atom is -0.477 e. The van der Waals surface area contributed by atoms with Crippen LogP contribution in [0.15, 0.2) is 17.5 Å². The number of hydrogen-bond donors (Lipinski definition) is 1. The minimum absolute atomic E-state index is 0.0685.